The van der Waals surface area contributed by atoms with Crippen LogP contribution in [0, 0.1) is 5.82 Å². The van der Waals surface area contributed by atoms with Crippen molar-refractivity contribution in [1.82, 2.24) is 4.90 Å². The maximum atomic E-state index is 13.0. The van der Waals surface area contributed by atoms with Crippen molar-refractivity contribution in [1.29, 1.82) is 0 Å². The van der Waals surface area contributed by atoms with E-state index in [0.29, 0.717) is 32.0 Å². The monoisotopic (exact) mass is 416 g/mol. The standard InChI is InChI=1S/C19H13FN2O4S2/c20-12-3-1-11(2-4-12)7-16-18(24)22(19(27)28-16)9-17(23)21-13-5-6-14-15(8-13)26-10-25-14/h1-8H,9-10H2,(H,21,23)/b16-7-. The topological polar surface area (TPSA) is 67.9 Å². The molecule has 4 rings (SSSR count). The minimum Gasteiger partial charge on any atom is -0.454 e. The second-order valence-corrected chi connectivity index (χ2v) is 7.61. The van der Waals surface area contributed by atoms with Gasteiger partial charge in [0.05, 0.1) is 4.91 Å². The average molecular weight is 416 g/mol. The number of nitrogens with one attached hydrogen (secondary N) is 1. The number of hydrogen-bond acceptors (Lipinski definition) is 6. The van der Waals surface area contributed by atoms with E-state index in [-0.39, 0.29) is 25.1 Å². The van der Waals surface area contributed by atoms with Crippen LogP contribution in [0.1, 0.15) is 5.56 Å². The van der Waals surface area contributed by atoms with Crippen molar-refractivity contribution >= 4 is 51.9 Å². The molecule has 1 N–H and O–H groups in total. The van der Waals surface area contributed by atoms with Crippen LogP contribution in [0.5, 0.6) is 11.5 Å². The highest BCUT2D eigenvalue weighted by Crippen LogP contribution is 2.35. The molecule has 1 saturated heterocycles. The molecule has 0 radical (unpaired) electrons. The molecule has 2 aliphatic heterocycles. The zero-order valence-electron chi connectivity index (χ0n) is 14.3. The van der Waals surface area contributed by atoms with Crippen LogP contribution in [-0.4, -0.2) is 34.4 Å². The smallest absolute Gasteiger partial charge is 0.266 e. The molecule has 2 amide bonds. The molecule has 9 heteroatoms. The molecule has 0 aromatic heterocycles. The fourth-order valence-electron chi connectivity index (χ4n) is 2.67. The summed E-state index contributed by atoms with van der Waals surface area (Å²) in [5, 5.41) is 2.71. The molecule has 0 aliphatic carbocycles. The molecule has 28 heavy (non-hydrogen) atoms. The lowest BCUT2D eigenvalue weighted by Gasteiger charge is -2.14. The van der Waals surface area contributed by atoms with Crippen LogP contribution in [0.4, 0.5) is 10.1 Å². The van der Waals surface area contributed by atoms with E-state index in [1.165, 1.54) is 17.0 Å². The predicted molar refractivity (Wildman–Crippen MR) is 107 cm³/mol. The fourth-order valence-corrected chi connectivity index (χ4v) is 3.92. The van der Waals surface area contributed by atoms with Crippen LogP contribution in [0.15, 0.2) is 47.4 Å². The van der Waals surface area contributed by atoms with Crippen LogP contribution in [0.25, 0.3) is 6.08 Å². The first-order chi connectivity index (χ1) is 13.5. The van der Waals surface area contributed by atoms with E-state index >= 15 is 0 Å². The number of thiocarbonyl (C=S) groups is 1. The molecule has 6 nitrogen and oxygen atoms in total. The fraction of sp³-hybridized carbons (Fsp3) is 0.105. The van der Waals surface area contributed by atoms with Gasteiger partial charge in [0.25, 0.3) is 5.91 Å². The summed E-state index contributed by atoms with van der Waals surface area (Å²) in [6.45, 7) is -0.0659. The van der Waals surface area contributed by atoms with Gasteiger partial charge < -0.3 is 14.8 Å². The van der Waals surface area contributed by atoms with Gasteiger partial charge in [0, 0.05) is 11.8 Å². The highest BCUT2D eigenvalue weighted by Gasteiger charge is 2.33. The molecule has 142 valence electrons. The van der Waals surface area contributed by atoms with Gasteiger partial charge in [-0.25, -0.2) is 4.39 Å². The Kier molecular flexibility index (Phi) is 5.01. The number of nitrogens with zero attached hydrogens (tertiary/aromatic N) is 1. The molecule has 0 bridgehead atoms. The number of hydrogen-bond donors (Lipinski definition) is 1. The van der Waals surface area contributed by atoms with Crippen molar-refractivity contribution in [3.05, 3.63) is 58.8 Å². The van der Waals surface area contributed by atoms with Gasteiger partial charge >= 0.3 is 0 Å². The van der Waals surface area contributed by atoms with Crippen LogP contribution in [0.3, 0.4) is 0 Å². The SMILES string of the molecule is O=C(CN1C(=O)/C(=C/c2ccc(F)cc2)SC1=S)Nc1ccc2c(c1)OCO2. The molecule has 0 saturated carbocycles. The molecule has 0 unspecified atom stereocenters. The Hall–Kier alpha value is -2.91. The third kappa shape index (κ3) is 3.85. The lowest BCUT2D eigenvalue weighted by atomic mass is 10.2. The van der Waals surface area contributed by atoms with Crippen molar-refractivity contribution in [2.24, 2.45) is 0 Å². The number of anilines is 1. The van der Waals surface area contributed by atoms with Gasteiger partial charge in [0.2, 0.25) is 12.7 Å². The lowest BCUT2D eigenvalue weighted by molar-refractivity contribution is -0.126. The Morgan fingerprint density at radius 3 is 2.75 bits per heavy atom. The summed E-state index contributed by atoms with van der Waals surface area (Å²) in [4.78, 5) is 26.6. The molecule has 2 aliphatic rings. The van der Waals surface area contributed by atoms with Crippen LogP contribution < -0.4 is 14.8 Å². The van der Waals surface area contributed by atoms with E-state index in [1.807, 2.05) is 0 Å². The summed E-state index contributed by atoms with van der Waals surface area (Å²) in [7, 11) is 0. The first kappa shape index (κ1) is 18.5. The van der Waals surface area contributed by atoms with Gasteiger partial charge in [0.15, 0.2) is 11.5 Å². The van der Waals surface area contributed by atoms with E-state index in [0.717, 1.165) is 11.8 Å². The highest BCUT2D eigenvalue weighted by molar-refractivity contribution is 8.26. The molecule has 2 aromatic rings. The Morgan fingerprint density at radius 2 is 1.96 bits per heavy atom. The molecule has 1 fully saturated rings. The quantitative estimate of drug-likeness (QED) is 0.609. The number of amides is 2. The number of ether oxygens (including phenoxy) is 2. The van der Waals surface area contributed by atoms with E-state index < -0.39 is 5.91 Å². The second kappa shape index (κ2) is 7.61. The minimum absolute atomic E-state index is 0.143. The molecule has 2 aromatic carbocycles. The molecule has 0 spiro atoms. The van der Waals surface area contributed by atoms with E-state index in [4.69, 9.17) is 21.7 Å². The maximum Gasteiger partial charge on any atom is 0.266 e. The minimum atomic E-state index is -0.391. The van der Waals surface area contributed by atoms with Crippen molar-refractivity contribution < 1.29 is 23.5 Å². The summed E-state index contributed by atoms with van der Waals surface area (Å²) in [5.74, 6) is 0.0507. The zero-order chi connectivity index (χ0) is 19.7. The Balaban J connectivity index is 1.42. The number of carbonyl (C=O) groups excluding carboxylic acids is 2. The first-order valence-corrected chi connectivity index (χ1v) is 9.42. The van der Waals surface area contributed by atoms with Crippen LogP contribution >= 0.6 is 24.0 Å². The van der Waals surface area contributed by atoms with Crippen LogP contribution in [0.2, 0.25) is 0 Å². The van der Waals surface area contributed by atoms with Gasteiger partial charge in [-0.1, -0.05) is 36.1 Å². The number of thioether (sulfide) groups is 1. The molecular weight excluding hydrogens is 403 g/mol. The van der Waals surface area contributed by atoms with Crippen molar-refractivity contribution in [2.75, 3.05) is 18.7 Å². The first-order valence-electron chi connectivity index (χ1n) is 8.20. The van der Waals surface area contributed by atoms with Crippen LogP contribution in [-0.2, 0) is 9.59 Å². The number of benzene rings is 2. The third-order valence-electron chi connectivity index (χ3n) is 4.00. The maximum absolute atomic E-state index is 13.0. The Labute approximate surface area is 169 Å². The van der Waals surface area contributed by atoms with Gasteiger partial charge in [-0.15, -0.1) is 0 Å². The van der Waals surface area contributed by atoms with Crippen molar-refractivity contribution in [2.45, 2.75) is 0 Å². The summed E-state index contributed by atoms with van der Waals surface area (Å²) >= 11 is 6.33. The summed E-state index contributed by atoms with van der Waals surface area (Å²) < 4.78 is 23.8. The largest absolute Gasteiger partial charge is 0.454 e. The predicted octanol–water partition coefficient (Wildman–Crippen LogP) is 3.39. The number of rotatable bonds is 4. The number of carbonyl (C=O) groups is 2. The van der Waals surface area contributed by atoms with E-state index in [2.05, 4.69) is 5.32 Å². The summed E-state index contributed by atoms with van der Waals surface area (Å²) in [6.07, 6.45) is 1.62. The lowest BCUT2D eigenvalue weighted by Crippen LogP contribution is -2.36. The van der Waals surface area contributed by atoms with Crippen molar-refractivity contribution in [3.63, 3.8) is 0 Å². The van der Waals surface area contributed by atoms with E-state index in [9.17, 15) is 14.0 Å². The Morgan fingerprint density at radius 1 is 1.21 bits per heavy atom. The summed E-state index contributed by atoms with van der Waals surface area (Å²) in [6, 6.07) is 10.8. The van der Waals surface area contributed by atoms with Gasteiger partial charge in [0.1, 0.15) is 16.7 Å². The Bertz CT molecular complexity index is 1010. The highest BCUT2D eigenvalue weighted by atomic mass is 32.2. The number of fused-ring (bicyclic) bond motifs is 1. The normalized spacial score (nSPS) is 16.8. The molecular formula is C19H13FN2O4S2. The number of halogens is 1. The molecule has 0 atom stereocenters. The van der Waals surface area contributed by atoms with Crippen molar-refractivity contribution in [3.8, 4) is 11.5 Å². The second-order valence-electron chi connectivity index (χ2n) is 5.94. The zero-order valence-corrected chi connectivity index (χ0v) is 15.9. The van der Waals surface area contributed by atoms with Gasteiger partial charge in [-0.2, -0.15) is 0 Å². The van der Waals surface area contributed by atoms with E-state index in [1.54, 1.807) is 36.4 Å². The molecule has 2 heterocycles. The average Bonchev–Trinajstić information content (AvgIpc) is 3.23. The summed E-state index contributed by atoms with van der Waals surface area (Å²) in [5.41, 5.74) is 1.20. The van der Waals surface area contributed by atoms with Gasteiger partial charge in [-0.05, 0) is 35.9 Å². The van der Waals surface area contributed by atoms with Gasteiger partial charge in [-0.3, -0.25) is 14.5 Å². The third-order valence-corrected chi connectivity index (χ3v) is 5.38.